The van der Waals surface area contributed by atoms with Crippen molar-refractivity contribution in [1.29, 1.82) is 0 Å². The molecule has 6 heteroatoms. The summed E-state index contributed by atoms with van der Waals surface area (Å²) in [6.45, 7) is 6.03. The Kier molecular flexibility index (Phi) is 5.61. The average molecular weight is 432 g/mol. The van der Waals surface area contributed by atoms with Gasteiger partial charge in [0.05, 0.1) is 12.1 Å². The van der Waals surface area contributed by atoms with Crippen LogP contribution in [0.2, 0.25) is 5.02 Å². The summed E-state index contributed by atoms with van der Waals surface area (Å²) >= 11 is 6.08. The molecular formula is C25H22ClN3O2. The van der Waals surface area contributed by atoms with Crippen LogP contribution in [0.3, 0.4) is 0 Å². The summed E-state index contributed by atoms with van der Waals surface area (Å²) in [5.41, 5.74) is 5.88. The predicted octanol–water partition coefficient (Wildman–Crippen LogP) is 5.05. The van der Waals surface area contributed by atoms with E-state index in [0.29, 0.717) is 10.6 Å². The summed E-state index contributed by atoms with van der Waals surface area (Å²) in [6, 6.07) is 14.8. The number of rotatable bonds is 5. The molecule has 2 heterocycles. The zero-order valence-corrected chi connectivity index (χ0v) is 18.3. The first kappa shape index (κ1) is 20.8. The fraction of sp³-hybridized carbons (Fsp3) is 0.160. The van der Waals surface area contributed by atoms with Gasteiger partial charge in [-0.15, -0.1) is 0 Å². The normalized spacial score (nSPS) is 13.9. The Hall–Kier alpha value is -3.44. The molecule has 4 rings (SSSR count). The minimum absolute atomic E-state index is 0.180. The summed E-state index contributed by atoms with van der Waals surface area (Å²) in [5.74, 6) is -0.672. The Morgan fingerprint density at radius 3 is 2.32 bits per heavy atom. The Labute approximate surface area is 186 Å². The number of nitrogens with one attached hydrogen (secondary N) is 1. The molecule has 0 saturated heterocycles. The third-order valence-electron chi connectivity index (χ3n) is 5.36. The molecule has 31 heavy (non-hydrogen) atoms. The molecule has 3 aromatic rings. The number of pyridine rings is 1. The molecule has 0 atom stereocenters. The lowest BCUT2D eigenvalue weighted by molar-refractivity contribution is -0.137. The van der Waals surface area contributed by atoms with Crippen molar-refractivity contribution < 1.29 is 9.59 Å². The Morgan fingerprint density at radius 1 is 0.903 bits per heavy atom. The number of nitrogens with zero attached hydrogens (tertiary/aromatic N) is 2. The first-order chi connectivity index (χ1) is 14.8. The molecular weight excluding hydrogens is 410 g/mol. The second-order valence-electron chi connectivity index (χ2n) is 7.70. The molecule has 5 nitrogen and oxygen atoms in total. The highest BCUT2D eigenvalue weighted by Crippen LogP contribution is 2.34. The van der Waals surface area contributed by atoms with E-state index in [1.807, 2.05) is 51.1 Å². The number of benzene rings is 2. The van der Waals surface area contributed by atoms with E-state index in [0.717, 1.165) is 33.5 Å². The molecule has 1 aliphatic rings. The monoisotopic (exact) mass is 431 g/mol. The van der Waals surface area contributed by atoms with Crippen molar-refractivity contribution >= 4 is 34.7 Å². The van der Waals surface area contributed by atoms with Crippen molar-refractivity contribution in [2.45, 2.75) is 27.3 Å². The number of halogens is 1. The number of aromatic nitrogens is 1. The zero-order valence-electron chi connectivity index (χ0n) is 17.6. The maximum atomic E-state index is 13.5. The largest absolute Gasteiger partial charge is 0.350 e. The van der Waals surface area contributed by atoms with Crippen LogP contribution in [0.5, 0.6) is 0 Å². The average Bonchev–Trinajstić information content (AvgIpc) is 2.95. The predicted molar refractivity (Wildman–Crippen MR) is 122 cm³/mol. The second-order valence-corrected chi connectivity index (χ2v) is 8.14. The molecule has 0 radical (unpaired) electrons. The van der Waals surface area contributed by atoms with E-state index in [9.17, 15) is 9.59 Å². The zero-order chi connectivity index (χ0) is 22.1. The van der Waals surface area contributed by atoms with Crippen LogP contribution in [0.4, 0.5) is 5.69 Å². The van der Waals surface area contributed by atoms with Gasteiger partial charge in [-0.2, -0.15) is 0 Å². The first-order valence-electron chi connectivity index (χ1n) is 9.95. The van der Waals surface area contributed by atoms with E-state index in [1.54, 1.807) is 30.6 Å². The standard InChI is InChI=1S/C25H22ClN3O2/c1-15-4-6-20(16(2)12-15)22-23(28-21-7-5-19(26)13-17(21)3)25(31)29(24(22)30)14-18-8-10-27-11-9-18/h4-13,28H,14H2,1-3H3. The van der Waals surface area contributed by atoms with Gasteiger partial charge in [-0.05, 0) is 73.4 Å². The summed E-state index contributed by atoms with van der Waals surface area (Å²) in [5, 5.41) is 3.83. The minimum atomic E-state index is -0.355. The van der Waals surface area contributed by atoms with Gasteiger partial charge in [0.15, 0.2) is 0 Å². The number of imide groups is 1. The number of carbonyl (C=O) groups excluding carboxylic acids is 2. The molecule has 0 spiro atoms. The van der Waals surface area contributed by atoms with Crippen molar-refractivity contribution in [3.63, 3.8) is 0 Å². The fourth-order valence-electron chi connectivity index (χ4n) is 3.75. The van der Waals surface area contributed by atoms with Crippen molar-refractivity contribution in [1.82, 2.24) is 9.88 Å². The summed E-state index contributed by atoms with van der Waals surface area (Å²) in [6.07, 6.45) is 3.30. The van der Waals surface area contributed by atoms with Gasteiger partial charge < -0.3 is 5.32 Å². The van der Waals surface area contributed by atoms with Crippen LogP contribution < -0.4 is 5.32 Å². The van der Waals surface area contributed by atoms with Crippen molar-refractivity contribution in [3.8, 4) is 0 Å². The lowest BCUT2D eigenvalue weighted by atomic mass is 9.97. The quantitative estimate of drug-likeness (QED) is 0.574. The minimum Gasteiger partial charge on any atom is -0.350 e. The van der Waals surface area contributed by atoms with Crippen LogP contribution in [0.25, 0.3) is 5.57 Å². The van der Waals surface area contributed by atoms with Gasteiger partial charge in [0, 0.05) is 23.1 Å². The fourth-order valence-corrected chi connectivity index (χ4v) is 3.98. The van der Waals surface area contributed by atoms with Crippen LogP contribution in [0, 0.1) is 20.8 Å². The van der Waals surface area contributed by atoms with E-state index in [-0.39, 0.29) is 24.1 Å². The molecule has 0 aliphatic carbocycles. The lowest BCUT2D eigenvalue weighted by Gasteiger charge is -2.16. The summed E-state index contributed by atoms with van der Waals surface area (Å²) in [4.78, 5) is 32.2. The molecule has 1 aliphatic heterocycles. The first-order valence-corrected chi connectivity index (χ1v) is 10.3. The Morgan fingerprint density at radius 2 is 1.65 bits per heavy atom. The lowest BCUT2D eigenvalue weighted by Crippen LogP contribution is -2.32. The molecule has 1 N–H and O–H groups in total. The van der Waals surface area contributed by atoms with E-state index in [4.69, 9.17) is 11.6 Å². The topological polar surface area (TPSA) is 62.3 Å². The molecule has 2 aromatic carbocycles. The molecule has 0 unspecified atom stereocenters. The number of aryl methyl sites for hydroxylation is 3. The molecule has 0 saturated carbocycles. The number of hydrogen-bond donors (Lipinski definition) is 1. The number of anilines is 1. The number of hydrogen-bond acceptors (Lipinski definition) is 4. The van der Waals surface area contributed by atoms with E-state index >= 15 is 0 Å². The third kappa shape index (κ3) is 4.09. The Bertz CT molecular complexity index is 1220. The summed E-state index contributed by atoms with van der Waals surface area (Å²) < 4.78 is 0. The smallest absolute Gasteiger partial charge is 0.278 e. The van der Waals surface area contributed by atoms with E-state index in [2.05, 4.69) is 10.3 Å². The number of carbonyl (C=O) groups is 2. The Balaban J connectivity index is 1.80. The molecule has 156 valence electrons. The maximum absolute atomic E-state index is 13.5. The second kappa shape index (κ2) is 8.36. The molecule has 0 bridgehead atoms. The highest BCUT2D eigenvalue weighted by atomic mass is 35.5. The van der Waals surface area contributed by atoms with Crippen LogP contribution in [0.15, 0.2) is 66.6 Å². The van der Waals surface area contributed by atoms with Gasteiger partial charge in [0.25, 0.3) is 11.8 Å². The van der Waals surface area contributed by atoms with Crippen molar-refractivity contribution in [2.75, 3.05) is 5.32 Å². The van der Waals surface area contributed by atoms with Crippen LogP contribution in [0.1, 0.15) is 27.8 Å². The SMILES string of the molecule is Cc1ccc(C2=C(Nc3ccc(Cl)cc3C)C(=O)N(Cc3ccncc3)C2=O)c(C)c1. The van der Waals surface area contributed by atoms with E-state index < -0.39 is 0 Å². The molecule has 2 amide bonds. The van der Waals surface area contributed by atoms with Gasteiger partial charge >= 0.3 is 0 Å². The van der Waals surface area contributed by atoms with Gasteiger partial charge in [-0.1, -0.05) is 35.4 Å². The molecule has 1 aromatic heterocycles. The van der Waals surface area contributed by atoms with Crippen LogP contribution in [-0.4, -0.2) is 21.7 Å². The van der Waals surface area contributed by atoms with Gasteiger partial charge in [0.2, 0.25) is 0 Å². The highest BCUT2D eigenvalue weighted by molar-refractivity contribution is 6.36. The van der Waals surface area contributed by atoms with E-state index in [1.165, 1.54) is 4.90 Å². The molecule has 0 fully saturated rings. The van der Waals surface area contributed by atoms with Crippen molar-refractivity contribution in [2.24, 2.45) is 0 Å². The maximum Gasteiger partial charge on any atom is 0.278 e. The van der Waals surface area contributed by atoms with Gasteiger partial charge in [0.1, 0.15) is 5.70 Å². The summed E-state index contributed by atoms with van der Waals surface area (Å²) in [7, 11) is 0. The highest BCUT2D eigenvalue weighted by Gasteiger charge is 2.39. The van der Waals surface area contributed by atoms with Crippen LogP contribution >= 0.6 is 11.6 Å². The number of amides is 2. The van der Waals surface area contributed by atoms with Gasteiger partial charge in [-0.3, -0.25) is 19.5 Å². The van der Waals surface area contributed by atoms with Crippen LogP contribution in [-0.2, 0) is 16.1 Å². The van der Waals surface area contributed by atoms with Crippen molar-refractivity contribution in [3.05, 3.63) is 99.5 Å². The van der Waals surface area contributed by atoms with Gasteiger partial charge in [-0.25, -0.2) is 0 Å². The third-order valence-corrected chi connectivity index (χ3v) is 5.59.